The van der Waals surface area contributed by atoms with Gasteiger partial charge in [0.25, 0.3) is 11.8 Å². The lowest BCUT2D eigenvalue weighted by atomic mass is 9.86. The van der Waals surface area contributed by atoms with E-state index in [-0.39, 0.29) is 30.3 Å². The molecule has 3 aromatic carbocycles. The molecule has 200 valence electrons. The number of amides is 2. The predicted molar refractivity (Wildman–Crippen MR) is 152 cm³/mol. The minimum Gasteiger partial charge on any atom is -0.384 e. The Balaban J connectivity index is 0.00000400. The maximum atomic E-state index is 13.2. The molecule has 5 N–H and O–H groups in total. The summed E-state index contributed by atoms with van der Waals surface area (Å²) in [5, 5.41) is 20.6. The average Bonchev–Trinajstić information content (AvgIpc) is 2.88. The molecule has 9 heteroatoms. The van der Waals surface area contributed by atoms with E-state index in [0.29, 0.717) is 23.5 Å². The number of nitrogens with zero attached hydrogens (tertiary/aromatic N) is 1. The normalized spacial score (nSPS) is 16.4. The molecule has 0 saturated carbocycles. The molecule has 8 nitrogen and oxygen atoms in total. The van der Waals surface area contributed by atoms with E-state index in [0.717, 1.165) is 11.1 Å². The molecule has 2 amide bonds. The number of amidine groups is 1. The van der Waals surface area contributed by atoms with Gasteiger partial charge in [-0.2, -0.15) is 0 Å². The van der Waals surface area contributed by atoms with Gasteiger partial charge < -0.3 is 25.8 Å². The predicted octanol–water partition coefficient (Wildman–Crippen LogP) is 4.09. The Morgan fingerprint density at radius 1 is 1.03 bits per heavy atom. The molecule has 0 aliphatic carbocycles. The van der Waals surface area contributed by atoms with Gasteiger partial charge in [0.1, 0.15) is 5.84 Å². The van der Waals surface area contributed by atoms with Crippen molar-refractivity contribution in [2.24, 2.45) is 5.73 Å². The highest BCUT2D eigenvalue weighted by Crippen LogP contribution is 2.28. The molecule has 38 heavy (non-hydrogen) atoms. The van der Waals surface area contributed by atoms with Gasteiger partial charge >= 0.3 is 0 Å². The van der Waals surface area contributed by atoms with Crippen molar-refractivity contribution in [2.45, 2.75) is 38.4 Å². The summed E-state index contributed by atoms with van der Waals surface area (Å²) < 4.78 is 5.50. The number of morpholine rings is 1. The number of hydrogen-bond donors (Lipinski definition) is 4. The van der Waals surface area contributed by atoms with Crippen LogP contribution in [0.4, 0.5) is 11.4 Å². The van der Waals surface area contributed by atoms with E-state index in [1.54, 1.807) is 24.3 Å². The fraction of sp³-hybridized carbons (Fsp3) is 0.276. The number of carbonyl (C=O) groups is 2. The number of nitrogens with two attached hydrogens (primary N) is 1. The first-order valence-corrected chi connectivity index (χ1v) is 12.1. The number of benzene rings is 3. The Labute approximate surface area is 228 Å². The summed E-state index contributed by atoms with van der Waals surface area (Å²) in [6, 6.07) is 22.3. The monoisotopic (exact) mass is 536 g/mol. The summed E-state index contributed by atoms with van der Waals surface area (Å²) in [6.45, 7) is 7.03. The highest BCUT2D eigenvalue weighted by Gasteiger charge is 2.39. The van der Waals surface area contributed by atoms with Crippen LogP contribution >= 0.6 is 12.4 Å². The zero-order chi connectivity index (χ0) is 26.7. The van der Waals surface area contributed by atoms with Crippen molar-refractivity contribution in [3.8, 4) is 11.1 Å². The van der Waals surface area contributed by atoms with Gasteiger partial charge in [-0.25, -0.2) is 0 Å². The Morgan fingerprint density at radius 3 is 2.11 bits per heavy atom. The van der Waals surface area contributed by atoms with Crippen LogP contribution in [0.3, 0.4) is 0 Å². The zero-order valence-electron chi connectivity index (χ0n) is 21.6. The number of ether oxygens (including phenoxy) is 1. The summed E-state index contributed by atoms with van der Waals surface area (Å²) in [5.74, 6) is -1.33. The third kappa shape index (κ3) is 6.39. The van der Waals surface area contributed by atoms with Crippen LogP contribution in [0, 0.1) is 5.41 Å². The number of rotatable bonds is 6. The number of nitrogen functional groups attached to an aromatic ring is 1. The molecule has 0 spiro atoms. The van der Waals surface area contributed by atoms with E-state index in [4.69, 9.17) is 15.9 Å². The quantitative estimate of drug-likeness (QED) is 0.278. The molecular formula is C29H33ClN4O4. The summed E-state index contributed by atoms with van der Waals surface area (Å²) in [5.41, 5.74) is 10.5. The molecule has 0 unspecified atom stereocenters. The Hall–Kier alpha value is -3.72. The molecule has 0 bridgehead atoms. The van der Waals surface area contributed by atoms with Crippen LogP contribution in [0.2, 0.25) is 0 Å². The summed E-state index contributed by atoms with van der Waals surface area (Å²) in [4.78, 5) is 27.3. The average molecular weight is 537 g/mol. The van der Waals surface area contributed by atoms with Gasteiger partial charge in [-0.05, 0) is 58.5 Å². The smallest absolute Gasteiger partial charge is 0.259 e. The first-order chi connectivity index (χ1) is 17.5. The Kier molecular flexibility index (Phi) is 8.93. The highest BCUT2D eigenvalue weighted by molar-refractivity contribution is 6.04. The second-order valence-electron chi connectivity index (χ2n) is 10.1. The first-order valence-electron chi connectivity index (χ1n) is 12.1. The maximum Gasteiger partial charge on any atom is 0.259 e. The molecule has 0 aromatic heterocycles. The van der Waals surface area contributed by atoms with Crippen LogP contribution in [0.5, 0.6) is 0 Å². The number of anilines is 2. The van der Waals surface area contributed by atoms with Crippen LogP contribution in [0.1, 0.15) is 31.9 Å². The molecule has 1 aliphatic heterocycles. The van der Waals surface area contributed by atoms with Gasteiger partial charge in [-0.15, -0.1) is 12.4 Å². The molecular weight excluding hydrogens is 504 g/mol. The van der Waals surface area contributed by atoms with E-state index >= 15 is 0 Å². The fourth-order valence-corrected chi connectivity index (χ4v) is 4.17. The van der Waals surface area contributed by atoms with Crippen LogP contribution in [0.25, 0.3) is 11.1 Å². The molecule has 1 aliphatic rings. The highest BCUT2D eigenvalue weighted by atomic mass is 35.5. The van der Waals surface area contributed by atoms with Crippen molar-refractivity contribution in [1.82, 2.24) is 0 Å². The minimum absolute atomic E-state index is 0. The van der Waals surface area contributed by atoms with Crippen molar-refractivity contribution in [2.75, 3.05) is 23.4 Å². The Morgan fingerprint density at radius 2 is 1.58 bits per heavy atom. The number of nitrogens with one attached hydrogen (secondary N) is 2. The second-order valence-corrected chi connectivity index (χ2v) is 10.1. The largest absolute Gasteiger partial charge is 0.384 e. The van der Waals surface area contributed by atoms with E-state index < -0.39 is 24.0 Å². The molecule has 1 saturated heterocycles. The van der Waals surface area contributed by atoms with E-state index in [2.05, 4.69) is 50.4 Å². The van der Waals surface area contributed by atoms with Crippen LogP contribution < -0.4 is 16.0 Å². The van der Waals surface area contributed by atoms with Crippen molar-refractivity contribution in [3.05, 3.63) is 83.9 Å². The van der Waals surface area contributed by atoms with Gasteiger partial charge in [-0.1, -0.05) is 57.2 Å². The molecule has 4 rings (SSSR count). The maximum absolute atomic E-state index is 13.2. The topological polar surface area (TPSA) is 129 Å². The Bertz CT molecular complexity index is 1290. The standard InChI is InChI=1S/C29H32N4O4.ClH/c1-29(2,3)21-10-4-18(5-11-21)19-8-14-23(15-9-19)33-16-17-37-25(28(33)36)24(34)27(35)32-22-12-6-20(7-13-22)26(30)31;/h4-15,24-25,34H,16-17H2,1-3H3,(H3,30,31)(H,32,35);1H/t24-,25-;/m1./s1. The summed E-state index contributed by atoms with van der Waals surface area (Å²) in [6.07, 6.45) is -3.02. The zero-order valence-corrected chi connectivity index (χ0v) is 22.4. The third-order valence-corrected chi connectivity index (χ3v) is 6.40. The van der Waals surface area contributed by atoms with E-state index in [1.807, 2.05) is 24.3 Å². The lowest BCUT2D eigenvalue weighted by molar-refractivity contribution is -0.150. The lowest BCUT2D eigenvalue weighted by Gasteiger charge is -2.34. The molecule has 0 radical (unpaired) electrons. The van der Waals surface area contributed by atoms with Crippen LogP contribution in [-0.2, 0) is 19.7 Å². The van der Waals surface area contributed by atoms with Gasteiger partial charge in [-0.3, -0.25) is 15.0 Å². The van der Waals surface area contributed by atoms with Gasteiger partial charge in [0.15, 0.2) is 12.2 Å². The van der Waals surface area contributed by atoms with Crippen molar-refractivity contribution in [3.63, 3.8) is 0 Å². The number of carbonyl (C=O) groups excluding carboxylic acids is 2. The lowest BCUT2D eigenvalue weighted by Crippen LogP contribution is -2.55. The van der Waals surface area contributed by atoms with Crippen LogP contribution in [0.15, 0.2) is 72.8 Å². The van der Waals surface area contributed by atoms with E-state index in [9.17, 15) is 14.7 Å². The van der Waals surface area contributed by atoms with Crippen LogP contribution in [-0.4, -0.2) is 48.1 Å². The molecule has 2 atom stereocenters. The SMILES string of the molecule is CC(C)(C)c1ccc(-c2ccc(N3CCO[C@H]([C@@H](O)C(=O)Nc4ccc(C(=N)N)cc4)C3=O)cc2)cc1.Cl. The number of aliphatic hydroxyl groups is 1. The number of aliphatic hydroxyl groups excluding tert-OH is 1. The second kappa shape index (κ2) is 11.8. The van der Waals surface area contributed by atoms with Gasteiger partial charge in [0, 0.05) is 23.5 Å². The summed E-state index contributed by atoms with van der Waals surface area (Å²) >= 11 is 0. The molecule has 3 aromatic rings. The summed E-state index contributed by atoms with van der Waals surface area (Å²) in [7, 11) is 0. The number of hydrogen-bond acceptors (Lipinski definition) is 5. The third-order valence-electron chi connectivity index (χ3n) is 6.40. The first kappa shape index (κ1) is 28.8. The molecule has 1 heterocycles. The number of halogens is 1. The van der Waals surface area contributed by atoms with Crippen molar-refractivity contribution >= 4 is 41.4 Å². The molecule has 1 fully saturated rings. The van der Waals surface area contributed by atoms with Gasteiger partial charge in [0.2, 0.25) is 0 Å². The van der Waals surface area contributed by atoms with Crippen molar-refractivity contribution in [1.29, 1.82) is 5.41 Å². The van der Waals surface area contributed by atoms with Gasteiger partial charge in [0.05, 0.1) is 6.61 Å². The minimum atomic E-state index is -1.69. The fourth-order valence-electron chi connectivity index (χ4n) is 4.17. The van der Waals surface area contributed by atoms with Crippen molar-refractivity contribution < 1.29 is 19.4 Å². The van der Waals surface area contributed by atoms with E-state index in [1.165, 1.54) is 10.5 Å².